The molecule has 0 aromatic heterocycles. The highest BCUT2D eigenvalue weighted by atomic mass is 32.1. The fraction of sp³-hybridized carbons (Fsp3) is 0.917. The van der Waals surface area contributed by atoms with Crippen LogP contribution in [0.2, 0.25) is 0 Å². The van der Waals surface area contributed by atoms with E-state index in [1.807, 2.05) is 6.92 Å². The predicted molar refractivity (Wildman–Crippen MR) is 66.7 cm³/mol. The Labute approximate surface area is 93.7 Å². The van der Waals surface area contributed by atoms with Gasteiger partial charge in [0.25, 0.3) is 0 Å². The quantitative estimate of drug-likeness (QED) is 0.665. The van der Waals surface area contributed by atoms with Gasteiger partial charge in [0.2, 0.25) is 0 Å². The summed E-state index contributed by atoms with van der Waals surface area (Å²) >= 11 is 5.10. The molecule has 0 bridgehead atoms. The van der Waals surface area contributed by atoms with Gasteiger partial charge in [-0.25, -0.2) is 0 Å². The molecular formula is C12H23NS. The van der Waals surface area contributed by atoms with Crippen molar-refractivity contribution in [1.82, 2.24) is 5.32 Å². The van der Waals surface area contributed by atoms with E-state index >= 15 is 0 Å². The molecule has 0 unspecified atom stereocenters. The van der Waals surface area contributed by atoms with Gasteiger partial charge in [-0.3, -0.25) is 0 Å². The summed E-state index contributed by atoms with van der Waals surface area (Å²) in [7, 11) is 0. The lowest BCUT2D eigenvalue weighted by Crippen LogP contribution is -2.32. The van der Waals surface area contributed by atoms with Gasteiger partial charge >= 0.3 is 0 Å². The number of thiocarbonyl (C=S) groups is 1. The monoisotopic (exact) mass is 213 g/mol. The van der Waals surface area contributed by atoms with E-state index in [1.54, 1.807) is 0 Å². The van der Waals surface area contributed by atoms with Crippen LogP contribution in [-0.4, -0.2) is 11.0 Å². The number of rotatable bonds is 1. The van der Waals surface area contributed by atoms with Crippen molar-refractivity contribution in [3.8, 4) is 0 Å². The Hall–Kier alpha value is -0.110. The van der Waals surface area contributed by atoms with Gasteiger partial charge in [-0.05, 0) is 19.8 Å². The minimum atomic E-state index is 0.658. The molecule has 82 valence electrons. The van der Waals surface area contributed by atoms with Crippen molar-refractivity contribution in [1.29, 1.82) is 0 Å². The zero-order valence-electron chi connectivity index (χ0n) is 9.35. The van der Waals surface area contributed by atoms with Crippen molar-refractivity contribution < 1.29 is 0 Å². The van der Waals surface area contributed by atoms with E-state index in [0.717, 1.165) is 4.99 Å². The standard InChI is InChI=1S/C12H23NS/c1-11(14)13-12-9-7-5-3-2-4-6-8-10-12/h12H,2-10H2,1H3,(H,13,14). The molecule has 0 saturated heterocycles. The average molecular weight is 213 g/mol. The molecule has 0 heterocycles. The molecule has 1 N–H and O–H groups in total. The van der Waals surface area contributed by atoms with E-state index in [4.69, 9.17) is 12.2 Å². The molecular weight excluding hydrogens is 190 g/mol. The first-order valence-corrected chi connectivity index (χ1v) is 6.47. The fourth-order valence-corrected chi connectivity index (χ4v) is 2.41. The van der Waals surface area contributed by atoms with E-state index in [2.05, 4.69) is 5.32 Å². The average Bonchev–Trinajstić information content (AvgIpc) is 2.15. The highest BCUT2D eigenvalue weighted by molar-refractivity contribution is 7.80. The lowest BCUT2D eigenvalue weighted by Gasteiger charge is -2.20. The first-order valence-electron chi connectivity index (χ1n) is 6.06. The second-order valence-electron chi connectivity index (χ2n) is 4.45. The second-order valence-corrected chi connectivity index (χ2v) is 5.06. The summed E-state index contributed by atoms with van der Waals surface area (Å²) in [5, 5.41) is 3.43. The molecule has 0 aromatic carbocycles. The molecule has 0 atom stereocenters. The minimum Gasteiger partial charge on any atom is -0.377 e. The molecule has 1 rings (SSSR count). The van der Waals surface area contributed by atoms with Gasteiger partial charge in [-0.1, -0.05) is 57.2 Å². The SMILES string of the molecule is CC(=S)NC1CCCCCCCCC1. The van der Waals surface area contributed by atoms with E-state index < -0.39 is 0 Å². The Bertz CT molecular complexity index is 158. The number of hydrogen-bond donors (Lipinski definition) is 1. The third kappa shape index (κ3) is 5.58. The Balaban J connectivity index is 2.26. The van der Waals surface area contributed by atoms with Crippen molar-refractivity contribution in [3.63, 3.8) is 0 Å². The summed E-state index contributed by atoms with van der Waals surface area (Å²) in [6.07, 6.45) is 12.5. The summed E-state index contributed by atoms with van der Waals surface area (Å²) < 4.78 is 0. The molecule has 1 saturated carbocycles. The Morgan fingerprint density at radius 3 is 1.79 bits per heavy atom. The first-order chi connectivity index (χ1) is 6.79. The van der Waals surface area contributed by atoms with Crippen LogP contribution >= 0.6 is 12.2 Å². The van der Waals surface area contributed by atoms with Gasteiger partial charge in [0.15, 0.2) is 0 Å². The Morgan fingerprint density at radius 2 is 1.36 bits per heavy atom. The summed E-state index contributed by atoms with van der Waals surface area (Å²) in [5.41, 5.74) is 0. The fourth-order valence-electron chi connectivity index (χ4n) is 2.24. The van der Waals surface area contributed by atoms with E-state index in [9.17, 15) is 0 Å². The van der Waals surface area contributed by atoms with Crippen LogP contribution in [0.25, 0.3) is 0 Å². The molecule has 14 heavy (non-hydrogen) atoms. The highest BCUT2D eigenvalue weighted by Gasteiger charge is 2.09. The predicted octanol–water partition coefficient (Wildman–Crippen LogP) is 3.82. The first kappa shape index (κ1) is 12.0. The largest absolute Gasteiger partial charge is 0.377 e. The van der Waals surface area contributed by atoms with Crippen LogP contribution in [0.15, 0.2) is 0 Å². The highest BCUT2D eigenvalue weighted by Crippen LogP contribution is 2.16. The van der Waals surface area contributed by atoms with Crippen LogP contribution < -0.4 is 5.32 Å². The van der Waals surface area contributed by atoms with Crippen LogP contribution in [0.4, 0.5) is 0 Å². The van der Waals surface area contributed by atoms with Crippen molar-refractivity contribution in [2.24, 2.45) is 0 Å². The second kappa shape index (κ2) is 7.22. The normalized spacial score (nSPS) is 21.5. The topological polar surface area (TPSA) is 12.0 Å². The maximum absolute atomic E-state index is 5.10. The Kier molecular flexibility index (Phi) is 6.17. The van der Waals surface area contributed by atoms with Crippen molar-refractivity contribution in [2.75, 3.05) is 0 Å². The van der Waals surface area contributed by atoms with Gasteiger partial charge in [-0.15, -0.1) is 0 Å². The van der Waals surface area contributed by atoms with E-state index in [1.165, 1.54) is 57.8 Å². The molecule has 0 spiro atoms. The molecule has 0 aliphatic heterocycles. The zero-order valence-corrected chi connectivity index (χ0v) is 10.2. The lowest BCUT2D eigenvalue weighted by molar-refractivity contribution is 0.438. The maximum atomic E-state index is 5.10. The van der Waals surface area contributed by atoms with Gasteiger partial charge in [0.05, 0.1) is 4.99 Å². The molecule has 0 radical (unpaired) electrons. The van der Waals surface area contributed by atoms with Gasteiger partial charge < -0.3 is 5.32 Å². The van der Waals surface area contributed by atoms with Crippen molar-refractivity contribution in [2.45, 2.75) is 70.8 Å². The van der Waals surface area contributed by atoms with Crippen LogP contribution in [0, 0.1) is 0 Å². The minimum absolute atomic E-state index is 0.658. The maximum Gasteiger partial charge on any atom is 0.0724 e. The smallest absolute Gasteiger partial charge is 0.0724 e. The third-order valence-corrected chi connectivity index (χ3v) is 3.13. The summed E-state index contributed by atoms with van der Waals surface area (Å²) in [6.45, 7) is 1.99. The molecule has 1 nitrogen and oxygen atoms in total. The van der Waals surface area contributed by atoms with E-state index in [-0.39, 0.29) is 0 Å². The zero-order chi connectivity index (χ0) is 10.2. The van der Waals surface area contributed by atoms with Crippen molar-refractivity contribution in [3.05, 3.63) is 0 Å². The molecule has 1 aliphatic rings. The van der Waals surface area contributed by atoms with E-state index in [0.29, 0.717) is 6.04 Å². The van der Waals surface area contributed by atoms with Crippen LogP contribution in [0.5, 0.6) is 0 Å². The molecule has 1 fully saturated rings. The molecule has 0 aromatic rings. The molecule has 2 heteroatoms. The van der Waals surface area contributed by atoms with Crippen LogP contribution in [0.1, 0.15) is 64.7 Å². The summed E-state index contributed by atoms with van der Waals surface area (Å²) in [4.78, 5) is 0.965. The summed E-state index contributed by atoms with van der Waals surface area (Å²) in [5.74, 6) is 0. The van der Waals surface area contributed by atoms with Crippen LogP contribution in [0.3, 0.4) is 0 Å². The molecule has 0 amide bonds. The van der Waals surface area contributed by atoms with Gasteiger partial charge in [-0.2, -0.15) is 0 Å². The third-order valence-electron chi connectivity index (χ3n) is 3.01. The lowest BCUT2D eigenvalue weighted by atomic mass is 9.97. The summed E-state index contributed by atoms with van der Waals surface area (Å²) in [6, 6.07) is 0.658. The van der Waals surface area contributed by atoms with Gasteiger partial charge in [0.1, 0.15) is 0 Å². The van der Waals surface area contributed by atoms with Gasteiger partial charge in [0, 0.05) is 6.04 Å². The Morgan fingerprint density at radius 1 is 0.929 bits per heavy atom. The van der Waals surface area contributed by atoms with Crippen molar-refractivity contribution >= 4 is 17.2 Å². The number of hydrogen-bond acceptors (Lipinski definition) is 1. The van der Waals surface area contributed by atoms with Crippen LogP contribution in [-0.2, 0) is 0 Å². The number of nitrogens with one attached hydrogen (secondary N) is 1. The molecule has 1 aliphatic carbocycles.